The Morgan fingerprint density at radius 3 is 1.71 bits per heavy atom. The van der Waals surface area contributed by atoms with Crippen molar-refractivity contribution in [3.63, 3.8) is 0 Å². The van der Waals surface area contributed by atoms with Crippen molar-refractivity contribution in [1.29, 1.82) is 0 Å². The fourth-order valence-corrected chi connectivity index (χ4v) is 4.53. The van der Waals surface area contributed by atoms with Crippen LogP contribution in [0.3, 0.4) is 0 Å². The number of rotatable bonds is 8. The zero-order chi connectivity index (χ0) is 30.5. The van der Waals surface area contributed by atoms with Crippen LogP contribution < -0.4 is 25.6 Å². The third-order valence-corrected chi connectivity index (χ3v) is 6.97. The van der Waals surface area contributed by atoms with Crippen molar-refractivity contribution in [2.75, 3.05) is 0 Å². The van der Waals surface area contributed by atoms with Crippen LogP contribution in [0.15, 0.2) is 72.8 Å². The van der Waals surface area contributed by atoms with Crippen molar-refractivity contribution < 1.29 is 28.6 Å². The molecule has 0 aliphatic heterocycles. The first kappa shape index (κ1) is 30.4. The summed E-state index contributed by atoms with van der Waals surface area (Å²) in [6.07, 6.45) is 1.17. The molecule has 0 unspecified atom stereocenters. The number of hydrogen-bond acceptors (Lipinski definition) is 6. The summed E-state index contributed by atoms with van der Waals surface area (Å²) in [5.41, 5.74) is 6.50. The van der Waals surface area contributed by atoms with Crippen LogP contribution >= 0.6 is 0 Å². The molecule has 3 aromatic rings. The van der Waals surface area contributed by atoms with E-state index in [1.54, 1.807) is 24.3 Å². The maximum absolute atomic E-state index is 12.0. The molecule has 0 heterocycles. The quantitative estimate of drug-likeness (QED) is 0.284. The molecule has 1 saturated carbocycles. The molecule has 1 fully saturated rings. The van der Waals surface area contributed by atoms with E-state index >= 15 is 0 Å². The summed E-state index contributed by atoms with van der Waals surface area (Å²) in [4.78, 5) is 34.9. The number of benzene rings is 3. The third-order valence-electron chi connectivity index (χ3n) is 6.97. The van der Waals surface area contributed by atoms with Crippen LogP contribution in [0.25, 0.3) is 0 Å². The van der Waals surface area contributed by atoms with Crippen molar-refractivity contribution in [2.45, 2.75) is 77.5 Å². The number of amides is 3. The van der Waals surface area contributed by atoms with Crippen LogP contribution in [0.4, 0.5) is 4.79 Å². The van der Waals surface area contributed by atoms with Crippen molar-refractivity contribution in [1.82, 2.24) is 16.2 Å². The predicted molar refractivity (Wildman–Crippen MR) is 160 cm³/mol. The van der Waals surface area contributed by atoms with Gasteiger partial charge in [0, 0.05) is 36.8 Å². The summed E-state index contributed by atoms with van der Waals surface area (Å²) in [5.74, 6) is 1.31. The highest BCUT2D eigenvalue weighted by molar-refractivity contribution is 5.95. The van der Waals surface area contributed by atoms with E-state index < -0.39 is 17.6 Å². The molecule has 9 heteroatoms. The molecular formula is C33H39N3O6. The topological polar surface area (TPSA) is 115 Å². The van der Waals surface area contributed by atoms with Gasteiger partial charge >= 0.3 is 6.09 Å². The van der Waals surface area contributed by atoms with Gasteiger partial charge in [-0.3, -0.25) is 20.4 Å². The molecule has 1 aliphatic carbocycles. The zero-order valence-electron chi connectivity index (χ0n) is 24.9. The van der Waals surface area contributed by atoms with Crippen LogP contribution in [-0.2, 0) is 14.9 Å². The molecule has 0 aromatic heterocycles. The van der Waals surface area contributed by atoms with E-state index in [1.165, 1.54) is 6.92 Å². The highest BCUT2D eigenvalue weighted by Gasteiger charge is 2.33. The molecular weight excluding hydrogens is 534 g/mol. The Morgan fingerprint density at radius 1 is 0.714 bits per heavy atom. The Bertz CT molecular complexity index is 1390. The Labute approximate surface area is 246 Å². The van der Waals surface area contributed by atoms with Crippen LogP contribution in [0.1, 0.15) is 75.9 Å². The van der Waals surface area contributed by atoms with Crippen molar-refractivity contribution >= 4 is 17.9 Å². The number of nitrogens with one attached hydrogen (secondary N) is 3. The summed E-state index contributed by atoms with van der Waals surface area (Å²) in [6.45, 7) is 11.2. The lowest BCUT2D eigenvalue weighted by molar-refractivity contribution is -0.119. The van der Waals surface area contributed by atoms with Gasteiger partial charge in [-0.15, -0.1) is 0 Å². The molecule has 9 nitrogen and oxygen atoms in total. The van der Waals surface area contributed by atoms with E-state index in [-0.39, 0.29) is 23.5 Å². The standard InChI is InChI=1S/C33H39N3O6/c1-21(37)35-36-30(38)22-7-13-26(14-8-22)40-27-15-9-23(10-16-27)33(5,6)24-11-17-28(18-12-24)41-29-19-25(20-29)34-31(39)42-32(2,3)4/h7-18,25,29H,19-20H2,1-6H3,(H,34,39)(H,35,37)(H,36,38). The predicted octanol–water partition coefficient (Wildman–Crippen LogP) is 6.02. The first-order valence-corrected chi connectivity index (χ1v) is 14.0. The summed E-state index contributed by atoms with van der Waals surface area (Å²) in [5, 5.41) is 2.89. The van der Waals surface area contributed by atoms with Gasteiger partial charge in [0.1, 0.15) is 29.0 Å². The molecule has 222 valence electrons. The monoisotopic (exact) mass is 573 g/mol. The zero-order valence-corrected chi connectivity index (χ0v) is 24.9. The smallest absolute Gasteiger partial charge is 0.407 e. The fraction of sp³-hybridized carbons (Fsp3) is 0.364. The van der Waals surface area contributed by atoms with Crippen molar-refractivity contribution in [3.8, 4) is 17.2 Å². The molecule has 3 N–H and O–H groups in total. The van der Waals surface area contributed by atoms with Crippen LogP contribution in [0.5, 0.6) is 17.2 Å². The Kier molecular flexibility index (Phi) is 9.09. The molecule has 0 spiro atoms. The molecule has 0 radical (unpaired) electrons. The summed E-state index contributed by atoms with van der Waals surface area (Å²) >= 11 is 0. The first-order valence-electron chi connectivity index (χ1n) is 14.0. The maximum atomic E-state index is 12.0. The molecule has 3 amide bonds. The Hall–Kier alpha value is -4.53. The van der Waals surface area contributed by atoms with Gasteiger partial charge < -0.3 is 19.5 Å². The average Bonchev–Trinajstić information content (AvgIpc) is 2.90. The summed E-state index contributed by atoms with van der Waals surface area (Å²) < 4.78 is 17.4. The Balaban J connectivity index is 1.28. The fourth-order valence-electron chi connectivity index (χ4n) is 4.53. The van der Waals surface area contributed by atoms with E-state index in [4.69, 9.17) is 14.2 Å². The molecule has 3 aromatic carbocycles. The van der Waals surface area contributed by atoms with Crippen LogP contribution in [0, 0.1) is 0 Å². The maximum Gasteiger partial charge on any atom is 0.407 e. The van der Waals surface area contributed by atoms with E-state index in [9.17, 15) is 14.4 Å². The van der Waals surface area contributed by atoms with E-state index in [0.29, 0.717) is 17.1 Å². The normalized spacial score (nSPS) is 16.4. The lowest BCUT2D eigenvalue weighted by atomic mass is 9.78. The first-order chi connectivity index (χ1) is 19.8. The molecule has 42 heavy (non-hydrogen) atoms. The minimum Gasteiger partial charge on any atom is -0.490 e. The lowest BCUT2D eigenvalue weighted by Gasteiger charge is -2.36. The molecule has 1 aliphatic rings. The number of carbonyl (C=O) groups is 3. The van der Waals surface area contributed by atoms with Gasteiger partial charge in [0.25, 0.3) is 5.91 Å². The van der Waals surface area contributed by atoms with Gasteiger partial charge in [-0.2, -0.15) is 0 Å². The van der Waals surface area contributed by atoms with E-state index in [0.717, 1.165) is 29.7 Å². The van der Waals surface area contributed by atoms with Gasteiger partial charge in [0.05, 0.1) is 0 Å². The molecule has 4 rings (SSSR count). The average molecular weight is 574 g/mol. The second-order valence-corrected chi connectivity index (χ2v) is 12.0. The van der Waals surface area contributed by atoms with Crippen molar-refractivity contribution in [2.24, 2.45) is 0 Å². The van der Waals surface area contributed by atoms with Gasteiger partial charge in [0.15, 0.2) is 0 Å². The SMILES string of the molecule is CC(=O)NNC(=O)c1ccc(Oc2ccc(C(C)(C)c3ccc(OC4CC(NC(=O)OC(C)(C)C)C4)cc3)cc2)cc1. The summed E-state index contributed by atoms with van der Waals surface area (Å²) in [6, 6.07) is 22.8. The highest BCUT2D eigenvalue weighted by Crippen LogP contribution is 2.35. The number of carbonyl (C=O) groups excluding carboxylic acids is 3. The molecule has 0 saturated heterocycles. The number of hydrazine groups is 1. The Morgan fingerprint density at radius 2 is 1.21 bits per heavy atom. The number of ether oxygens (including phenoxy) is 3. The van der Waals surface area contributed by atoms with Gasteiger partial charge in [-0.1, -0.05) is 38.1 Å². The second-order valence-electron chi connectivity index (χ2n) is 12.0. The van der Waals surface area contributed by atoms with E-state index in [2.05, 4.69) is 42.1 Å². The minimum atomic E-state index is -0.513. The third kappa shape index (κ3) is 8.25. The number of alkyl carbamates (subject to hydrolysis) is 1. The number of hydrogen-bond donors (Lipinski definition) is 3. The minimum absolute atomic E-state index is 0.0634. The lowest BCUT2D eigenvalue weighted by Crippen LogP contribution is -2.50. The van der Waals surface area contributed by atoms with Crippen LogP contribution in [-0.4, -0.2) is 35.7 Å². The van der Waals surface area contributed by atoms with Crippen molar-refractivity contribution in [3.05, 3.63) is 89.5 Å². The highest BCUT2D eigenvalue weighted by atomic mass is 16.6. The van der Waals surface area contributed by atoms with Crippen LogP contribution in [0.2, 0.25) is 0 Å². The molecule has 0 bridgehead atoms. The largest absolute Gasteiger partial charge is 0.490 e. The van der Waals surface area contributed by atoms with Gasteiger partial charge in [0.2, 0.25) is 5.91 Å². The second kappa shape index (κ2) is 12.5. The van der Waals surface area contributed by atoms with Gasteiger partial charge in [-0.25, -0.2) is 4.79 Å². The molecule has 0 atom stereocenters. The van der Waals surface area contributed by atoms with Gasteiger partial charge in [-0.05, 0) is 80.4 Å². The summed E-state index contributed by atoms with van der Waals surface area (Å²) in [7, 11) is 0. The van der Waals surface area contributed by atoms with E-state index in [1.807, 2.05) is 57.2 Å².